The van der Waals surface area contributed by atoms with Gasteiger partial charge in [0.1, 0.15) is 0 Å². The number of aromatic nitrogens is 3. The summed E-state index contributed by atoms with van der Waals surface area (Å²) < 4.78 is 0. The van der Waals surface area contributed by atoms with Gasteiger partial charge >= 0.3 is 0 Å². The first-order valence-corrected chi connectivity index (χ1v) is 19.1. The lowest BCUT2D eigenvalue weighted by Crippen LogP contribution is -2.31. The van der Waals surface area contributed by atoms with Gasteiger partial charge in [-0.25, -0.2) is 9.97 Å². The minimum Gasteiger partial charge on any atom is -0.256 e. The Bertz CT molecular complexity index is 2810. The van der Waals surface area contributed by atoms with Crippen molar-refractivity contribution in [2.45, 2.75) is 15.2 Å². The molecule has 2 aliphatic rings. The largest absolute Gasteiger partial charge is 0.256 e. The zero-order valence-electron chi connectivity index (χ0n) is 29.1. The van der Waals surface area contributed by atoms with Crippen LogP contribution in [-0.4, -0.2) is 15.0 Å². The van der Waals surface area contributed by atoms with Gasteiger partial charge in [-0.15, -0.1) is 0 Å². The Morgan fingerprint density at radius 1 is 0.407 bits per heavy atom. The molecule has 0 fully saturated rings. The minimum absolute atomic E-state index is 0.546. The maximum Gasteiger partial charge on any atom is 0.160 e. The van der Waals surface area contributed by atoms with E-state index in [1.807, 2.05) is 36.2 Å². The van der Waals surface area contributed by atoms with Crippen LogP contribution in [0.1, 0.15) is 22.3 Å². The molecule has 7 aromatic carbocycles. The van der Waals surface area contributed by atoms with Crippen molar-refractivity contribution in [1.82, 2.24) is 15.0 Å². The predicted octanol–water partition coefficient (Wildman–Crippen LogP) is 12.5. The Labute approximate surface area is 318 Å². The van der Waals surface area contributed by atoms with Gasteiger partial charge < -0.3 is 0 Å². The van der Waals surface area contributed by atoms with Crippen molar-refractivity contribution in [3.8, 4) is 56.2 Å². The van der Waals surface area contributed by atoms with Crippen molar-refractivity contribution in [2.24, 2.45) is 0 Å². The van der Waals surface area contributed by atoms with Gasteiger partial charge in [-0.1, -0.05) is 163 Å². The smallest absolute Gasteiger partial charge is 0.160 e. The molecule has 11 rings (SSSR count). The standard InChI is InChI=1S/C50H31N3S/c1-3-15-32(16-4-1)43-31-44(53-49(52-43)33-17-5-2-6-18-33)37-21-12-26-41-48(37)47-36(34-19-13-27-42-35(34)22-14-30-51-42)20-11-25-40(47)50(41)38-23-7-9-28-45(38)54-46-29-10-8-24-39(46)50/h1-31H. The molecule has 2 aromatic heterocycles. The first kappa shape index (κ1) is 31.0. The van der Waals surface area contributed by atoms with Gasteiger partial charge in [-0.05, 0) is 74.8 Å². The van der Waals surface area contributed by atoms with Gasteiger partial charge in [0.2, 0.25) is 0 Å². The normalized spacial score (nSPS) is 13.3. The van der Waals surface area contributed by atoms with Crippen LogP contribution in [0.25, 0.3) is 67.1 Å². The van der Waals surface area contributed by atoms with Crippen LogP contribution in [0.2, 0.25) is 0 Å². The van der Waals surface area contributed by atoms with E-state index in [1.165, 1.54) is 54.3 Å². The molecule has 54 heavy (non-hydrogen) atoms. The lowest BCUT2D eigenvalue weighted by Gasteiger charge is -2.39. The van der Waals surface area contributed by atoms with Crippen LogP contribution in [0.5, 0.6) is 0 Å². The molecule has 0 saturated heterocycles. The first-order valence-electron chi connectivity index (χ1n) is 18.3. The van der Waals surface area contributed by atoms with Crippen LogP contribution < -0.4 is 0 Å². The molecule has 0 bridgehead atoms. The maximum absolute atomic E-state index is 5.40. The van der Waals surface area contributed by atoms with Crippen molar-refractivity contribution < 1.29 is 0 Å². The Morgan fingerprint density at radius 2 is 0.963 bits per heavy atom. The fourth-order valence-corrected chi connectivity index (χ4v) is 10.0. The fraction of sp³-hybridized carbons (Fsp3) is 0.0200. The zero-order chi connectivity index (χ0) is 35.6. The van der Waals surface area contributed by atoms with E-state index in [0.717, 1.165) is 39.0 Å². The molecular weight excluding hydrogens is 675 g/mol. The molecule has 1 aliphatic heterocycles. The van der Waals surface area contributed by atoms with Crippen molar-refractivity contribution in [2.75, 3.05) is 0 Å². The monoisotopic (exact) mass is 705 g/mol. The van der Waals surface area contributed by atoms with Gasteiger partial charge in [0.05, 0.1) is 22.3 Å². The van der Waals surface area contributed by atoms with E-state index in [-0.39, 0.29) is 0 Å². The first-order chi connectivity index (χ1) is 26.8. The average molecular weight is 706 g/mol. The second kappa shape index (κ2) is 12.2. The van der Waals surface area contributed by atoms with Crippen LogP contribution in [0.15, 0.2) is 198 Å². The highest BCUT2D eigenvalue weighted by Crippen LogP contribution is 2.64. The summed E-state index contributed by atoms with van der Waals surface area (Å²) >= 11 is 1.87. The minimum atomic E-state index is -0.546. The van der Waals surface area contributed by atoms with Crippen molar-refractivity contribution in [1.29, 1.82) is 0 Å². The van der Waals surface area contributed by atoms with E-state index in [4.69, 9.17) is 15.0 Å². The van der Waals surface area contributed by atoms with E-state index >= 15 is 0 Å². The van der Waals surface area contributed by atoms with Crippen LogP contribution in [0.4, 0.5) is 0 Å². The molecule has 9 aromatic rings. The molecule has 0 radical (unpaired) electrons. The molecule has 3 nitrogen and oxygen atoms in total. The number of benzene rings is 7. The van der Waals surface area contributed by atoms with Crippen LogP contribution in [0, 0.1) is 0 Å². The average Bonchev–Trinajstić information content (AvgIpc) is 3.55. The maximum atomic E-state index is 5.40. The molecule has 0 N–H and O–H groups in total. The van der Waals surface area contributed by atoms with Gasteiger partial charge in [0, 0.05) is 38.1 Å². The predicted molar refractivity (Wildman–Crippen MR) is 221 cm³/mol. The van der Waals surface area contributed by atoms with Gasteiger partial charge in [-0.2, -0.15) is 0 Å². The van der Waals surface area contributed by atoms with E-state index in [9.17, 15) is 0 Å². The summed E-state index contributed by atoms with van der Waals surface area (Å²) in [6.07, 6.45) is 1.88. The summed E-state index contributed by atoms with van der Waals surface area (Å²) in [5.41, 5.74) is 15.3. The van der Waals surface area contributed by atoms with E-state index in [0.29, 0.717) is 5.82 Å². The van der Waals surface area contributed by atoms with Gasteiger partial charge in [0.25, 0.3) is 0 Å². The highest BCUT2D eigenvalue weighted by atomic mass is 32.2. The topological polar surface area (TPSA) is 38.7 Å². The molecule has 0 atom stereocenters. The summed E-state index contributed by atoms with van der Waals surface area (Å²) in [4.78, 5) is 17.9. The highest BCUT2D eigenvalue weighted by molar-refractivity contribution is 7.99. The van der Waals surface area contributed by atoms with Crippen molar-refractivity contribution in [3.63, 3.8) is 0 Å². The Kier molecular flexibility index (Phi) is 7.01. The number of hydrogen-bond acceptors (Lipinski definition) is 4. The van der Waals surface area contributed by atoms with Crippen molar-refractivity contribution in [3.05, 3.63) is 210 Å². The second-order valence-electron chi connectivity index (χ2n) is 13.9. The SMILES string of the molecule is c1ccc(-c2cc(-c3cccc4c3-c3c(-c5cccc6ncccc56)cccc3C43c4ccccc4Sc4ccccc43)nc(-c3ccccc3)n2)cc1. The lowest BCUT2D eigenvalue weighted by atomic mass is 9.67. The van der Waals surface area contributed by atoms with Crippen LogP contribution in [-0.2, 0) is 5.41 Å². The summed E-state index contributed by atoms with van der Waals surface area (Å²) in [6.45, 7) is 0. The third-order valence-electron chi connectivity index (χ3n) is 11.0. The van der Waals surface area contributed by atoms with E-state index in [2.05, 4.69) is 164 Å². The summed E-state index contributed by atoms with van der Waals surface area (Å²) in [7, 11) is 0. The summed E-state index contributed by atoms with van der Waals surface area (Å²) in [5.74, 6) is 0.704. The van der Waals surface area contributed by atoms with Crippen LogP contribution in [0.3, 0.4) is 0 Å². The number of hydrogen-bond donors (Lipinski definition) is 0. The second-order valence-corrected chi connectivity index (χ2v) is 15.0. The van der Waals surface area contributed by atoms with E-state index < -0.39 is 5.41 Å². The zero-order valence-corrected chi connectivity index (χ0v) is 30.0. The number of rotatable bonds is 4. The highest BCUT2D eigenvalue weighted by Gasteiger charge is 2.51. The van der Waals surface area contributed by atoms with Crippen LogP contribution >= 0.6 is 11.8 Å². The molecule has 3 heterocycles. The molecule has 1 spiro atoms. The Morgan fingerprint density at radius 3 is 1.69 bits per heavy atom. The molecule has 0 unspecified atom stereocenters. The lowest BCUT2D eigenvalue weighted by molar-refractivity contribution is 0.722. The molecule has 4 heteroatoms. The molecule has 0 saturated carbocycles. The van der Waals surface area contributed by atoms with Crippen molar-refractivity contribution >= 4 is 22.7 Å². The van der Waals surface area contributed by atoms with Gasteiger partial charge in [0.15, 0.2) is 5.82 Å². The summed E-state index contributed by atoms with van der Waals surface area (Å²) in [5, 5.41) is 1.13. The quantitative estimate of drug-likeness (QED) is 0.183. The Balaban J connectivity index is 1.29. The number of nitrogens with zero attached hydrogens (tertiary/aromatic N) is 3. The molecule has 0 amide bonds. The summed E-state index contributed by atoms with van der Waals surface area (Å²) in [6, 6.07) is 65.3. The molecule has 252 valence electrons. The van der Waals surface area contributed by atoms with E-state index in [1.54, 1.807) is 0 Å². The third-order valence-corrected chi connectivity index (χ3v) is 12.2. The number of fused-ring (bicyclic) bond motifs is 10. The van der Waals surface area contributed by atoms with Gasteiger partial charge in [-0.3, -0.25) is 4.98 Å². The number of pyridine rings is 1. The third kappa shape index (κ3) is 4.54. The fourth-order valence-electron chi connectivity index (χ4n) is 8.82. The molecular formula is C50H31N3S. The molecule has 1 aliphatic carbocycles. The Hall–Kier alpha value is -6.62.